The van der Waals surface area contributed by atoms with Crippen molar-refractivity contribution in [1.29, 1.82) is 0 Å². The van der Waals surface area contributed by atoms with Crippen LogP contribution in [0.15, 0.2) is 35.1 Å². The summed E-state index contributed by atoms with van der Waals surface area (Å²) in [5.41, 5.74) is 0. The summed E-state index contributed by atoms with van der Waals surface area (Å²) in [7, 11) is 0. The van der Waals surface area contributed by atoms with Gasteiger partial charge in [0, 0.05) is 23.5 Å². The number of hydrogen-bond donors (Lipinski definition) is 0. The molecule has 1 aliphatic rings. The number of anilines is 1. The molecular formula is C15H14BrClFN3O. The Morgan fingerprint density at radius 2 is 2.14 bits per heavy atom. The normalized spacial score (nSPS) is 17.8. The minimum atomic E-state index is -0.356. The molecule has 7 heteroatoms. The van der Waals surface area contributed by atoms with Crippen LogP contribution in [0.2, 0.25) is 5.02 Å². The first-order valence-electron chi connectivity index (χ1n) is 6.92. The second-order valence-electron chi connectivity index (χ2n) is 5.19. The van der Waals surface area contributed by atoms with Gasteiger partial charge in [-0.15, -0.1) is 0 Å². The SMILES string of the molecule is Fc1cc(Br)ccc1OC[C@H]1CCN(c2ncc(Cl)cn2)C1. The van der Waals surface area contributed by atoms with E-state index in [2.05, 4.69) is 30.8 Å². The van der Waals surface area contributed by atoms with Crippen LogP contribution in [0.1, 0.15) is 6.42 Å². The number of aromatic nitrogens is 2. The number of benzene rings is 1. The first-order chi connectivity index (χ1) is 10.6. The first kappa shape index (κ1) is 15.5. The summed E-state index contributed by atoms with van der Waals surface area (Å²) in [6.45, 7) is 2.13. The standard InChI is InChI=1S/C15H14BrClFN3O/c16-11-1-2-14(13(18)5-11)22-9-10-3-4-21(8-10)15-19-6-12(17)7-20-15/h1-2,5-7,10H,3-4,8-9H2/t10-/m0/s1. The molecule has 1 saturated heterocycles. The smallest absolute Gasteiger partial charge is 0.225 e. The summed E-state index contributed by atoms with van der Waals surface area (Å²) >= 11 is 9.02. The lowest BCUT2D eigenvalue weighted by Crippen LogP contribution is -2.23. The number of ether oxygens (including phenoxy) is 1. The van der Waals surface area contributed by atoms with Gasteiger partial charge < -0.3 is 9.64 Å². The second kappa shape index (κ2) is 6.79. The fourth-order valence-electron chi connectivity index (χ4n) is 2.42. The Bertz CT molecular complexity index is 656. The summed E-state index contributed by atoms with van der Waals surface area (Å²) in [6.07, 6.45) is 4.14. The highest BCUT2D eigenvalue weighted by atomic mass is 79.9. The van der Waals surface area contributed by atoms with Crippen molar-refractivity contribution in [3.63, 3.8) is 0 Å². The Labute approximate surface area is 141 Å². The Kier molecular flexibility index (Phi) is 4.78. The third-order valence-electron chi connectivity index (χ3n) is 3.54. The van der Waals surface area contributed by atoms with Gasteiger partial charge in [0.25, 0.3) is 0 Å². The fraction of sp³-hybridized carbons (Fsp3) is 0.333. The molecule has 0 amide bonds. The summed E-state index contributed by atoms with van der Waals surface area (Å²) in [5.74, 6) is 0.915. The minimum absolute atomic E-state index is 0.282. The molecule has 0 saturated carbocycles. The van der Waals surface area contributed by atoms with E-state index in [1.165, 1.54) is 6.07 Å². The van der Waals surface area contributed by atoms with Crippen molar-refractivity contribution in [2.45, 2.75) is 6.42 Å². The van der Waals surface area contributed by atoms with E-state index in [4.69, 9.17) is 16.3 Å². The van der Waals surface area contributed by atoms with Crippen molar-refractivity contribution in [2.24, 2.45) is 5.92 Å². The van der Waals surface area contributed by atoms with Gasteiger partial charge in [-0.1, -0.05) is 27.5 Å². The molecule has 22 heavy (non-hydrogen) atoms. The van der Waals surface area contributed by atoms with E-state index in [9.17, 15) is 4.39 Å². The molecule has 2 heterocycles. The van der Waals surface area contributed by atoms with Crippen LogP contribution in [0.4, 0.5) is 10.3 Å². The van der Waals surface area contributed by atoms with Crippen molar-refractivity contribution >= 4 is 33.5 Å². The van der Waals surface area contributed by atoms with Gasteiger partial charge in [0.1, 0.15) is 0 Å². The van der Waals surface area contributed by atoms with Crippen LogP contribution in [0, 0.1) is 11.7 Å². The fourth-order valence-corrected chi connectivity index (χ4v) is 2.85. The molecule has 0 unspecified atom stereocenters. The average molecular weight is 387 g/mol. The molecule has 2 aromatic rings. The molecule has 0 N–H and O–H groups in total. The van der Waals surface area contributed by atoms with E-state index >= 15 is 0 Å². The molecule has 116 valence electrons. The third kappa shape index (κ3) is 3.67. The maximum Gasteiger partial charge on any atom is 0.225 e. The lowest BCUT2D eigenvalue weighted by atomic mass is 10.1. The van der Waals surface area contributed by atoms with Crippen LogP contribution in [-0.2, 0) is 0 Å². The highest BCUT2D eigenvalue weighted by Gasteiger charge is 2.25. The molecule has 1 aromatic heterocycles. The lowest BCUT2D eigenvalue weighted by molar-refractivity contribution is 0.250. The average Bonchev–Trinajstić information content (AvgIpc) is 2.96. The molecule has 3 rings (SSSR count). The van der Waals surface area contributed by atoms with E-state index in [1.807, 2.05) is 0 Å². The van der Waals surface area contributed by atoms with Gasteiger partial charge in [-0.3, -0.25) is 0 Å². The maximum absolute atomic E-state index is 13.7. The van der Waals surface area contributed by atoms with Gasteiger partial charge >= 0.3 is 0 Å². The van der Waals surface area contributed by atoms with Crippen LogP contribution in [-0.4, -0.2) is 29.7 Å². The van der Waals surface area contributed by atoms with Gasteiger partial charge in [0.15, 0.2) is 11.6 Å². The lowest BCUT2D eigenvalue weighted by Gasteiger charge is -2.16. The van der Waals surface area contributed by atoms with E-state index in [-0.39, 0.29) is 11.6 Å². The zero-order valence-corrected chi connectivity index (χ0v) is 14.0. The van der Waals surface area contributed by atoms with Crippen LogP contribution in [0.3, 0.4) is 0 Å². The van der Waals surface area contributed by atoms with Gasteiger partial charge in [-0.05, 0) is 24.6 Å². The predicted molar refractivity (Wildman–Crippen MR) is 87.0 cm³/mol. The van der Waals surface area contributed by atoms with Crippen molar-refractivity contribution in [1.82, 2.24) is 9.97 Å². The maximum atomic E-state index is 13.7. The van der Waals surface area contributed by atoms with Crippen LogP contribution >= 0.6 is 27.5 Å². The van der Waals surface area contributed by atoms with Gasteiger partial charge in [0.2, 0.25) is 5.95 Å². The summed E-state index contributed by atoms with van der Waals surface area (Å²) in [6, 6.07) is 4.80. The monoisotopic (exact) mass is 385 g/mol. The van der Waals surface area contributed by atoms with Crippen molar-refractivity contribution < 1.29 is 9.13 Å². The largest absolute Gasteiger partial charge is 0.490 e. The van der Waals surface area contributed by atoms with E-state index in [0.717, 1.165) is 19.5 Å². The van der Waals surface area contributed by atoms with E-state index < -0.39 is 0 Å². The van der Waals surface area contributed by atoms with Gasteiger partial charge in [-0.25, -0.2) is 14.4 Å². The highest BCUT2D eigenvalue weighted by Crippen LogP contribution is 2.25. The molecule has 4 nitrogen and oxygen atoms in total. The van der Waals surface area contributed by atoms with Crippen LogP contribution in [0.5, 0.6) is 5.75 Å². The number of halogens is 3. The quantitative estimate of drug-likeness (QED) is 0.798. The van der Waals surface area contributed by atoms with Gasteiger partial charge in [-0.2, -0.15) is 0 Å². The van der Waals surface area contributed by atoms with Crippen LogP contribution in [0.25, 0.3) is 0 Å². The van der Waals surface area contributed by atoms with Crippen molar-refractivity contribution in [2.75, 3.05) is 24.6 Å². The second-order valence-corrected chi connectivity index (χ2v) is 6.54. The van der Waals surface area contributed by atoms with Gasteiger partial charge in [0.05, 0.1) is 24.0 Å². The van der Waals surface area contributed by atoms with E-state index in [1.54, 1.807) is 24.5 Å². The Morgan fingerprint density at radius 3 is 2.86 bits per heavy atom. The molecule has 1 fully saturated rings. The first-order valence-corrected chi connectivity index (χ1v) is 8.09. The molecular weight excluding hydrogens is 373 g/mol. The zero-order valence-electron chi connectivity index (χ0n) is 11.7. The Balaban J connectivity index is 1.56. The van der Waals surface area contributed by atoms with E-state index in [0.29, 0.717) is 28.0 Å². The third-order valence-corrected chi connectivity index (χ3v) is 4.23. The highest BCUT2D eigenvalue weighted by molar-refractivity contribution is 9.10. The number of nitrogens with zero attached hydrogens (tertiary/aromatic N) is 3. The molecule has 0 bridgehead atoms. The summed E-state index contributed by atoms with van der Waals surface area (Å²) in [4.78, 5) is 10.5. The molecule has 1 aromatic carbocycles. The summed E-state index contributed by atoms with van der Waals surface area (Å²) < 4.78 is 20.0. The van der Waals surface area contributed by atoms with Crippen LogP contribution < -0.4 is 9.64 Å². The summed E-state index contributed by atoms with van der Waals surface area (Å²) in [5, 5.41) is 0.522. The molecule has 0 radical (unpaired) electrons. The Morgan fingerprint density at radius 1 is 1.36 bits per heavy atom. The van der Waals surface area contributed by atoms with Crippen molar-refractivity contribution in [3.05, 3.63) is 45.9 Å². The molecule has 1 aliphatic heterocycles. The molecule has 0 aliphatic carbocycles. The zero-order chi connectivity index (χ0) is 15.5. The Hall–Kier alpha value is -1.40. The molecule has 0 spiro atoms. The molecule has 1 atom stereocenters. The predicted octanol–water partition coefficient (Wildman–Crippen LogP) is 3.94. The van der Waals surface area contributed by atoms with Crippen molar-refractivity contribution in [3.8, 4) is 5.75 Å². The minimum Gasteiger partial charge on any atom is -0.490 e. The number of hydrogen-bond acceptors (Lipinski definition) is 4. The topological polar surface area (TPSA) is 38.2 Å². The number of rotatable bonds is 4.